The topological polar surface area (TPSA) is 134 Å². The third kappa shape index (κ3) is 7.02. The van der Waals surface area contributed by atoms with Gasteiger partial charge in [0, 0.05) is 47.2 Å². The second-order valence-electron chi connectivity index (χ2n) is 12.3. The van der Waals surface area contributed by atoms with Crippen LogP contribution in [0.1, 0.15) is 39.5 Å². The number of hydrogen-bond acceptors (Lipinski definition) is 12. The molecule has 0 saturated carbocycles. The van der Waals surface area contributed by atoms with Crippen molar-refractivity contribution in [3.63, 3.8) is 0 Å². The third-order valence-electron chi connectivity index (χ3n) is 8.86. The molecular formula is C40H37N5O6S. The zero-order valence-electron chi connectivity index (χ0n) is 29.3. The summed E-state index contributed by atoms with van der Waals surface area (Å²) >= 11 is 1.40. The van der Waals surface area contributed by atoms with Gasteiger partial charge in [-0.1, -0.05) is 26.7 Å². The van der Waals surface area contributed by atoms with E-state index in [-0.39, 0.29) is 0 Å². The van der Waals surface area contributed by atoms with Gasteiger partial charge in [0.25, 0.3) is 0 Å². The molecule has 12 heteroatoms. The van der Waals surface area contributed by atoms with Gasteiger partial charge in [0.15, 0.2) is 0 Å². The number of methoxy groups -OCH3 is 2. The average Bonchev–Trinajstić information content (AvgIpc) is 3.67. The molecule has 0 bridgehead atoms. The normalized spacial score (nSPS) is 11.3. The fourth-order valence-electron chi connectivity index (χ4n) is 5.97. The average molecular weight is 716 g/mol. The molecule has 2 aromatic carbocycles. The minimum absolute atomic E-state index is 0.335. The maximum Gasteiger partial charge on any atom is 0.345 e. The van der Waals surface area contributed by atoms with Gasteiger partial charge in [-0.2, -0.15) is 0 Å². The Hall–Kier alpha value is -5.88. The molecular weight excluding hydrogens is 679 g/mol. The van der Waals surface area contributed by atoms with Crippen LogP contribution in [0.2, 0.25) is 0 Å². The molecule has 11 nitrogen and oxygen atoms in total. The molecule has 5 aromatic heterocycles. The highest BCUT2D eigenvalue weighted by atomic mass is 32.1. The number of rotatable bonds is 13. The number of benzene rings is 2. The van der Waals surface area contributed by atoms with Gasteiger partial charge in [-0.25, -0.2) is 9.59 Å². The molecule has 264 valence electrons. The Morgan fingerprint density at radius 1 is 0.654 bits per heavy atom. The smallest absolute Gasteiger partial charge is 0.345 e. The van der Waals surface area contributed by atoms with Gasteiger partial charge >= 0.3 is 11.3 Å². The maximum atomic E-state index is 13.1. The van der Waals surface area contributed by atoms with Crippen molar-refractivity contribution in [2.45, 2.75) is 39.5 Å². The van der Waals surface area contributed by atoms with Crippen LogP contribution in [-0.4, -0.2) is 47.2 Å². The number of thiophene rings is 1. The summed E-state index contributed by atoms with van der Waals surface area (Å²) in [4.78, 5) is 48.2. The molecule has 0 aliphatic carbocycles. The fraction of sp³-hybridized carbons (Fsp3) is 0.250. The molecule has 0 amide bonds. The molecule has 0 N–H and O–H groups in total. The Kier molecular flexibility index (Phi) is 10.1. The van der Waals surface area contributed by atoms with Crippen LogP contribution in [0, 0.1) is 0 Å². The largest absolute Gasteiger partial charge is 0.496 e. The van der Waals surface area contributed by atoms with Crippen LogP contribution in [-0.2, 0) is 0 Å². The number of fused-ring (bicyclic) bond motifs is 2. The lowest BCUT2D eigenvalue weighted by atomic mass is 10.1. The third-order valence-corrected chi connectivity index (χ3v) is 10.00. The summed E-state index contributed by atoms with van der Waals surface area (Å²) in [5, 5.41) is 1.47. The zero-order valence-corrected chi connectivity index (χ0v) is 30.2. The first-order valence-corrected chi connectivity index (χ1v) is 18.0. The number of ether oxygens (including phenoxy) is 2. The lowest BCUT2D eigenvalue weighted by Crippen LogP contribution is -2.25. The Labute approximate surface area is 303 Å². The van der Waals surface area contributed by atoms with Gasteiger partial charge in [0.1, 0.15) is 34.1 Å². The van der Waals surface area contributed by atoms with Gasteiger partial charge in [-0.3, -0.25) is 19.9 Å². The molecule has 5 heterocycles. The molecule has 7 rings (SSSR count). The highest BCUT2D eigenvalue weighted by Crippen LogP contribution is 2.37. The summed E-state index contributed by atoms with van der Waals surface area (Å²) in [7, 11) is 3.09. The first kappa shape index (κ1) is 34.6. The first-order chi connectivity index (χ1) is 25.4. The SMILES string of the molecule is CCCCN(CCCC)c1ccc2cc(-c3cnc(-c4cnc(-c5ccc(-c6cc7c(OC)cc(OC)cc7oc6=O)s5)cn4)cn3)c(=O)oc2c1. The predicted octanol–water partition coefficient (Wildman–Crippen LogP) is 8.63. The highest BCUT2D eigenvalue weighted by Gasteiger charge is 2.17. The van der Waals surface area contributed by atoms with E-state index < -0.39 is 11.3 Å². The molecule has 0 spiro atoms. The summed E-state index contributed by atoms with van der Waals surface area (Å²) in [6, 6.07) is 16.7. The molecule has 52 heavy (non-hydrogen) atoms. The summed E-state index contributed by atoms with van der Waals surface area (Å²) in [5.74, 6) is 1.07. The fourth-order valence-corrected chi connectivity index (χ4v) is 6.94. The molecule has 0 saturated heterocycles. The number of nitrogens with zero attached hydrogens (tertiary/aromatic N) is 5. The van der Waals surface area contributed by atoms with E-state index in [2.05, 4.69) is 44.7 Å². The van der Waals surface area contributed by atoms with E-state index in [1.54, 1.807) is 56.2 Å². The van der Waals surface area contributed by atoms with E-state index in [0.29, 0.717) is 62.0 Å². The standard InChI is InChI=1S/C40H37N5O6S/c1-5-7-13-45(14-8-6-2)25-10-9-24-15-27(39(46)50-34(24)16-25)30-20-42-31(21-41-30)32-22-44-33(23-43-32)38-12-11-37(52-38)29-19-28-35(49-4)17-26(48-3)18-36(28)51-40(29)47/h9-12,15-23H,5-8,13-14H2,1-4H3. The van der Waals surface area contributed by atoms with Crippen LogP contribution >= 0.6 is 11.3 Å². The summed E-state index contributed by atoms with van der Waals surface area (Å²) < 4.78 is 22.2. The molecule has 0 unspecified atom stereocenters. The maximum absolute atomic E-state index is 13.1. The number of unbranched alkanes of at least 4 members (excludes halogenated alkanes) is 2. The Balaban J connectivity index is 1.09. The predicted molar refractivity (Wildman–Crippen MR) is 204 cm³/mol. The number of anilines is 1. The van der Waals surface area contributed by atoms with Crippen molar-refractivity contribution in [3.05, 3.63) is 100 Å². The van der Waals surface area contributed by atoms with E-state index >= 15 is 0 Å². The van der Waals surface area contributed by atoms with Crippen molar-refractivity contribution in [2.24, 2.45) is 0 Å². The summed E-state index contributed by atoms with van der Waals surface area (Å²) in [5.41, 5.74) is 3.84. The van der Waals surface area contributed by atoms with Crippen molar-refractivity contribution in [1.82, 2.24) is 19.9 Å². The van der Waals surface area contributed by atoms with Crippen molar-refractivity contribution < 1.29 is 18.3 Å². The van der Waals surface area contributed by atoms with Crippen molar-refractivity contribution >= 4 is 39.0 Å². The lowest BCUT2D eigenvalue weighted by molar-refractivity contribution is 0.396. The van der Waals surface area contributed by atoms with Crippen molar-refractivity contribution in [3.8, 4) is 55.2 Å². The second-order valence-corrected chi connectivity index (χ2v) is 13.4. The van der Waals surface area contributed by atoms with Gasteiger partial charge < -0.3 is 23.2 Å². The Bertz CT molecular complexity index is 2470. The Morgan fingerprint density at radius 2 is 1.29 bits per heavy atom. The molecule has 0 fully saturated rings. The van der Waals surface area contributed by atoms with Crippen molar-refractivity contribution in [1.29, 1.82) is 0 Å². The van der Waals surface area contributed by atoms with Gasteiger partial charge in [-0.05, 0) is 49.2 Å². The summed E-state index contributed by atoms with van der Waals surface area (Å²) in [6.45, 7) is 6.31. The van der Waals surface area contributed by atoms with Crippen LogP contribution in [0.15, 0.2) is 97.8 Å². The van der Waals surface area contributed by atoms with Crippen LogP contribution in [0.4, 0.5) is 5.69 Å². The molecule has 0 radical (unpaired) electrons. The summed E-state index contributed by atoms with van der Waals surface area (Å²) in [6.07, 6.45) is 10.8. The van der Waals surface area contributed by atoms with Gasteiger partial charge in [-0.15, -0.1) is 11.3 Å². The van der Waals surface area contributed by atoms with E-state index in [1.807, 2.05) is 24.3 Å². The molecule has 0 aliphatic rings. The molecule has 7 aromatic rings. The number of aromatic nitrogens is 4. The van der Waals surface area contributed by atoms with Crippen LogP contribution < -0.4 is 25.6 Å². The second kappa shape index (κ2) is 15.2. The minimum atomic E-state index is -0.472. The van der Waals surface area contributed by atoms with Crippen LogP contribution in [0.5, 0.6) is 11.5 Å². The monoisotopic (exact) mass is 715 g/mol. The van der Waals surface area contributed by atoms with E-state index in [1.165, 1.54) is 18.4 Å². The number of hydrogen-bond donors (Lipinski definition) is 0. The van der Waals surface area contributed by atoms with E-state index in [0.717, 1.165) is 59.6 Å². The quantitative estimate of drug-likeness (QED) is 0.106. The van der Waals surface area contributed by atoms with Gasteiger partial charge in [0.2, 0.25) is 0 Å². The van der Waals surface area contributed by atoms with Crippen LogP contribution in [0.25, 0.3) is 65.6 Å². The van der Waals surface area contributed by atoms with Crippen molar-refractivity contribution in [2.75, 3.05) is 32.2 Å². The van der Waals surface area contributed by atoms with E-state index in [4.69, 9.17) is 18.3 Å². The first-order valence-electron chi connectivity index (χ1n) is 17.2. The highest BCUT2D eigenvalue weighted by molar-refractivity contribution is 7.18. The molecule has 0 atom stereocenters. The van der Waals surface area contributed by atoms with Crippen LogP contribution in [0.3, 0.4) is 0 Å². The Morgan fingerprint density at radius 3 is 1.94 bits per heavy atom. The van der Waals surface area contributed by atoms with Gasteiger partial charge in [0.05, 0.1) is 71.8 Å². The lowest BCUT2D eigenvalue weighted by Gasteiger charge is -2.24. The van der Waals surface area contributed by atoms with E-state index in [9.17, 15) is 9.59 Å². The molecule has 0 aliphatic heterocycles. The zero-order chi connectivity index (χ0) is 36.2. The minimum Gasteiger partial charge on any atom is -0.496 e.